The molecular formula is C24H21N3OS. The summed E-state index contributed by atoms with van der Waals surface area (Å²) in [5.74, 6) is 6.26. The Bertz CT molecular complexity index is 1290. The number of benzene rings is 2. The topological polar surface area (TPSA) is 46.9 Å². The highest BCUT2D eigenvalue weighted by molar-refractivity contribution is 7.09. The number of fused-ring (bicyclic) bond motifs is 1. The summed E-state index contributed by atoms with van der Waals surface area (Å²) in [6, 6.07) is 17.6. The van der Waals surface area contributed by atoms with E-state index >= 15 is 0 Å². The minimum Gasteiger partial charge on any atom is -0.312 e. The highest BCUT2D eigenvalue weighted by Gasteiger charge is 2.16. The van der Waals surface area contributed by atoms with Crippen molar-refractivity contribution >= 4 is 22.1 Å². The van der Waals surface area contributed by atoms with Gasteiger partial charge in [-0.3, -0.25) is 9.36 Å². The zero-order valence-electron chi connectivity index (χ0n) is 16.6. The van der Waals surface area contributed by atoms with Gasteiger partial charge >= 0.3 is 0 Å². The second-order valence-electron chi connectivity index (χ2n) is 6.83. The summed E-state index contributed by atoms with van der Waals surface area (Å²) in [5.41, 5.74) is 3.13. The van der Waals surface area contributed by atoms with Crippen molar-refractivity contribution in [3.63, 3.8) is 0 Å². The number of thiazole rings is 1. The van der Waals surface area contributed by atoms with Crippen LogP contribution in [0.25, 0.3) is 16.5 Å². The van der Waals surface area contributed by atoms with E-state index in [9.17, 15) is 4.79 Å². The molecule has 0 saturated carbocycles. The van der Waals surface area contributed by atoms with Crippen LogP contribution in [0.15, 0.2) is 64.8 Å². The fourth-order valence-corrected chi connectivity index (χ4v) is 3.89. The van der Waals surface area contributed by atoms with Crippen LogP contribution in [-0.4, -0.2) is 16.6 Å². The van der Waals surface area contributed by atoms with Gasteiger partial charge in [0.25, 0.3) is 5.56 Å². The molecule has 2 aromatic carbocycles. The van der Waals surface area contributed by atoms with E-state index in [1.165, 1.54) is 0 Å². The lowest BCUT2D eigenvalue weighted by Crippen LogP contribution is -2.27. The molecule has 1 N–H and O–H groups in total. The Morgan fingerprint density at radius 1 is 1.10 bits per heavy atom. The Morgan fingerprint density at radius 2 is 1.90 bits per heavy atom. The van der Waals surface area contributed by atoms with Gasteiger partial charge in [-0.15, -0.1) is 11.3 Å². The molecule has 1 atom stereocenters. The normalized spacial score (nSPS) is 11.8. The van der Waals surface area contributed by atoms with E-state index in [1.807, 2.05) is 74.8 Å². The molecule has 29 heavy (non-hydrogen) atoms. The number of aryl methyl sites for hydroxylation is 1. The Hall–Kier alpha value is -3.20. The van der Waals surface area contributed by atoms with Crippen molar-refractivity contribution in [2.75, 3.05) is 7.05 Å². The maximum Gasteiger partial charge on any atom is 0.264 e. The van der Waals surface area contributed by atoms with Crippen molar-refractivity contribution in [1.82, 2.24) is 14.9 Å². The number of nitrogens with zero attached hydrogens (tertiary/aromatic N) is 2. The smallest absolute Gasteiger partial charge is 0.264 e. The first-order chi connectivity index (χ1) is 14.1. The van der Waals surface area contributed by atoms with Gasteiger partial charge in [0.15, 0.2) is 0 Å². The summed E-state index contributed by atoms with van der Waals surface area (Å²) in [6.45, 7) is 4.00. The van der Waals surface area contributed by atoms with Crippen LogP contribution in [0.1, 0.15) is 34.9 Å². The molecule has 0 fully saturated rings. The molecule has 0 bridgehead atoms. The molecule has 0 amide bonds. The Labute approximate surface area is 173 Å². The highest BCUT2D eigenvalue weighted by atomic mass is 32.1. The highest BCUT2D eigenvalue weighted by Crippen LogP contribution is 2.23. The van der Waals surface area contributed by atoms with Crippen LogP contribution >= 0.6 is 11.3 Å². The predicted molar refractivity (Wildman–Crippen MR) is 120 cm³/mol. The van der Waals surface area contributed by atoms with Crippen molar-refractivity contribution in [3.05, 3.63) is 92.3 Å². The zero-order chi connectivity index (χ0) is 20.4. The SMILES string of the molecule is CNC(C)c1cc2cccc(C#Cc3csc(C)n3)c2c(=O)n1-c1ccccc1. The first kappa shape index (κ1) is 19.1. The van der Waals surface area contributed by atoms with Crippen molar-refractivity contribution in [2.45, 2.75) is 19.9 Å². The van der Waals surface area contributed by atoms with Crippen LogP contribution in [-0.2, 0) is 0 Å². The summed E-state index contributed by atoms with van der Waals surface area (Å²) in [7, 11) is 1.90. The van der Waals surface area contributed by atoms with Gasteiger partial charge in [0, 0.05) is 28.4 Å². The van der Waals surface area contributed by atoms with Gasteiger partial charge < -0.3 is 5.32 Å². The number of hydrogen-bond acceptors (Lipinski definition) is 4. The van der Waals surface area contributed by atoms with E-state index in [-0.39, 0.29) is 11.6 Å². The van der Waals surface area contributed by atoms with E-state index in [1.54, 1.807) is 15.9 Å². The Kier molecular flexibility index (Phi) is 5.30. The van der Waals surface area contributed by atoms with Gasteiger partial charge in [-0.05, 0) is 56.5 Å². The second kappa shape index (κ2) is 8.04. The quantitative estimate of drug-likeness (QED) is 0.518. The molecule has 0 saturated heterocycles. The van der Waals surface area contributed by atoms with Gasteiger partial charge in [0.05, 0.1) is 10.4 Å². The molecule has 144 valence electrons. The average molecular weight is 400 g/mol. The predicted octanol–water partition coefficient (Wildman–Crippen LogP) is 4.44. The van der Waals surface area contributed by atoms with Crippen LogP contribution in [0.3, 0.4) is 0 Å². The molecule has 4 rings (SSSR count). The van der Waals surface area contributed by atoms with Gasteiger partial charge in [-0.1, -0.05) is 36.3 Å². The van der Waals surface area contributed by atoms with Gasteiger partial charge in [-0.2, -0.15) is 0 Å². The third kappa shape index (κ3) is 3.73. The standard InChI is InChI=1S/C24H21N3OS/c1-16(25-3)22-14-19-9-7-8-18(12-13-20-15-29-17(2)26-20)23(19)24(28)27(22)21-10-5-4-6-11-21/h4-11,14-16,25H,1-3H3. The van der Waals surface area contributed by atoms with Crippen LogP contribution in [0.2, 0.25) is 0 Å². The molecule has 5 heteroatoms. The largest absolute Gasteiger partial charge is 0.312 e. The van der Waals surface area contributed by atoms with E-state index in [4.69, 9.17) is 0 Å². The molecule has 4 aromatic rings. The summed E-state index contributed by atoms with van der Waals surface area (Å²) in [6.07, 6.45) is 0. The Balaban J connectivity index is 2.00. The monoisotopic (exact) mass is 399 g/mol. The molecule has 0 aliphatic carbocycles. The zero-order valence-corrected chi connectivity index (χ0v) is 17.4. The maximum absolute atomic E-state index is 13.7. The molecule has 0 spiro atoms. The minimum absolute atomic E-state index is 0.0139. The average Bonchev–Trinajstić information content (AvgIpc) is 3.17. The molecule has 2 aromatic heterocycles. The lowest BCUT2D eigenvalue weighted by atomic mass is 10.0. The van der Waals surface area contributed by atoms with E-state index < -0.39 is 0 Å². The molecule has 0 aliphatic heterocycles. The number of hydrogen-bond donors (Lipinski definition) is 1. The molecule has 4 nitrogen and oxygen atoms in total. The third-order valence-corrected chi connectivity index (χ3v) is 5.68. The third-order valence-electron chi connectivity index (χ3n) is 4.91. The van der Waals surface area contributed by atoms with Crippen LogP contribution in [0.4, 0.5) is 0 Å². The molecular weight excluding hydrogens is 378 g/mol. The van der Waals surface area contributed by atoms with Gasteiger partial charge in [0.2, 0.25) is 0 Å². The number of nitrogens with one attached hydrogen (secondary N) is 1. The van der Waals surface area contributed by atoms with E-state index in [2.05, 4.69) is 28.2 Å². The first-order valence-corrected chi connectivity index (χ1v) is 10.3. The van der Waals surface area contributed by atoms with Crippen LogP contribution in [0, 0.1) is 18.8 Å². The van der Waals surface area contributed by atoms with E-state index in [0.717, 1.165) is 27.5 Å². The van der Waals surface area contributed by atoms with Crippen molar-refractivity contribution < 1.29 is 0 Å². The molecule has 1 unspecified atom stereocenters. The summed E-state index contributed by atoms with van der Waals surface area (Å²) < 4.78 is 1.78. The molecule has 2 heterocycles. The Morgan fingerprint density at radius 3 is 2.59 bits per heavy atom. The fraction of sp³-hybridized carbons (Fsp3) is 0.167. The van der Waals surface area contributed by atoms with E-state index in [0.29, 0.717) is 10.9 Å². The maximum atomic E-state index is 13.7. The number of rotatable bonds is 3. The lowest BCUT2D eigenvalue weighted by Gasteiger charge is -2.19. The van der Waals surface area contributed by atoms with Crippen LogP contribution in [0.5, 0.6) is 0 Å². The fourth-order valence-electron chi connectivity index (χ4n) is 3.35. The number of aromatic nitrogens is 2. The first-order valence-electron chi connectivity index (χ1n) is 9.44. The van der Waals surface area contributed by atoms with Gasteiger partial charge in [-0.25, -0.2) is 4.98 Å². The summed E-state index contributed by atoms with van der Waals surface area (Å²) >= 11 is 1.57. The lowest BCUT2D eigenvalue weighted by molar-refractivity contribution is 0.612. The van der Waals surface area contributed by atoms with Crippen molar-refractivity contribution in [2.24, 2.45) is 0 Å². The summed E-state index contributed by atoms with van der Waals surface area (Å²) in [4.78, 5) is 18.1. The van der Waals surface area contributed by atoms with Gasteiger partial charge in [0.1, 0.15) is 5.69 Å². The molecule has 0 radical (unpaired) electrons. The molecule has 0 aliphatic rings. The minimum atomic E-state index is -0.0647. The van der Waals surface area contributed by atoms with Crippen molar-refractivity contribution in [3.8, 4) is 17.5 Å². The number of para-hydroxylation sites is 1. The second-order valence-corrected chi connectivity index (χ2v) is 7.89. The number of pyridine rings is 1. The van der Waals surface area contributed by atoms with Crippen molar-refractivity contribution in [1.29, 1.82) is 0 Å². The van der Waals surface area contributed by atoms with Crippen LogP contribution < -0.4 is 10.9 Å². The summed E-state index contributed by atoms with van der Waals surface area (Å²) in [5, 5.41) is 7.68.